The Hall–Kier alpha value is -2.58. The summed E-state index contributed by atoms with van der Waals surface area (Å²) >= 11 is 0. The van der Waals surface area contributed by atoms with Crippen LogP contribution in [0.1, 0.15) is 22.3 Å². The second-order valence-electron chi connectivity index (χ2n) is 4.22. The summed E-state index contributed by atoms with van der Waals surface area (Å²) < 4.78 is 0. The molecule has 0 aromatic heterocycles. The van der Waals surface area contributed by atoms with Crippen LogP contribution in [0.4, 0.5) is 0 Å². The predicted molar refractivity (Wildman–Crippen MR) is 70.8 cm³/mol. The van der Waals surface area contributed by atoms with Gasteiger partial charge in [0.25, 0.3) is 0 Å². The van der Waals surface area contributed by atoms with Crippen LogP contribution in [0.2, 0.25) is 0 Å². The molecule has 0 aliphatic rings. The van der Waals surface area contributed by atoms with Gasteiger partial charge in [-0.05, 0) is 37.1 Å². The van der Waals surface area contributed by atoms with Crippen molar-refractivity contribution in [3.63, 3.8) is 0 Å². The second kappa shape index (κ2) is 4.73. The Morgan fingerprint density at radius 2 is 1.11 bits per heavy atom. The molecule has 2 nitrogen and oxygen atoms in total. The van der Waals surface area contributed by atoms with Crippen molar-refractivity contribution in [3.05, 3.63) is 58.7 Å². The van der Waals surface area contributed by atoms with Gasteiger partial charge in [-0.3, -0.25) is 0 Å². The molecule has 0 fully saturated rings. The van der Waals surface area contributed by atoms with E-state index in [9.17, 15) is 10.5 Å². The lowest BCUT2D eigenvalue weighted by Crippen LogP contribution is -1.94. The van der Waals surface area contributed by atoms with Crippen LogP contribution in [0.3, 0.4) is 0 Å². The summed E-state index contributed by atoms with van der Waals surface area (Å²) in [5.74, 6) is 0. The van der Waals surface area contributed by atoms with Crippen molar-refractivity contribution < 1.29 is 0 Å². The SMILES string of the molecule is Cc1cccc(C#N)c1-c1c(C)cccc1C#N. The van der Waals surface area contributed by atoms with Gasteiger partial charge in [0, 0.05) is 11.1 Å². The Kier molecular flexibility index (Phi) is 3.13. The van der Waals surface area contributed by atoms with E-state index in [-0.39, 0.29) is 0 Å². The highest BCUT2D eigenvalue weighted by atomic mass is 14.3. The van der Waals surface area contributed by atoms with Crippen LogP contribution in [0.25, 0.3) is 11.1 Å². The fourth-order valence-electron chi connectivity index (χ4n) is 2.19. The molecule has 0 spiro atoms. The molecule has 18 heavy (non-hydrogen) atoms. The molecule has 0 heterocycles. The Labute approximate surface area is 107 Å². The van der Waals surface area contributed by atoms with E-state index in [1.165, 1.54) is 0 Å². The monoisotopic (exact) mass is 232 g/mol. The van der Waals surface area contributed by atoms with Crippen molar-refractivity contribution in [2.75, 3.05) is 0 Å². The summed E-state index contributed by atoms with van der Waals surface area (Å²) in [4.78, 5) is 0. The fourth-order valence-corrected chi connectivity index (χ4v) is 2.19. The maximum Gasteiger partial charge on any atom is 0.0998 e. The van der Waals surface area contributed by atoms with E-state index in [1.807, 2.05) is 38.1 Å². The highest BCUT2D eigenvalue weighted by Crippen LogP contribution is 2.32. The summed E-state index contributed by atoms with van der Waals surface area (Å²) in [6.07, 6.45) is 0. The molecule has 0 saturated heterocycles. The molecule has 0 radical (unpaired) electrons. The normalized spacial score (nSPS) is 9.56. The number of nitrogens with zero attached hydrogens (tertiary/aromatic N) is 2. The molecular weight excluding hydrogens is 220 g/mol. The Balaban J connectivity index is 2.87. The Bertz CT molecular complexity index is 624. The molecule has 2 rings (SSSR count). The molecule has 0 atom stereocenters. The molecule has 86 valence electrons. The van der Waals surface area contributed by atoms with E-state index in [1.54, 1.807) is 12.1 Å². The van der Waals surface area contributed by atoms with E-state index in [0.717, 1.165) is 22.3 Å². The van der Waals surface area contributed by atoms with Crippen LogP contribution in [-0.4, -0.2) is 0 Å². The van der Waals surface area contributed by atoms with Gasteiger partial charge in [-0.1, -0.05) is 24.3 Å². The molecule has 0 bridgehead atoms. The molecule has 2 heteroatoms. The van der Waals surface area contributed by atoms with Gasteiger partial charge in [-0.2, -0.15) is 10.5 Å². The van der Waals surface area contributed by atoms with Crippen LogP contribution >= 0.6 is 0 Å². The van der Waals surface area contributed by atoms with E-state index in [4.69, 9.17) is 0 Å². The van der Waals surface area contributed by atoms with Gasteiger partial charge in [0.1, 0.15) is 0 Å². The first-order chi connectivity index (χ1) is 8.69. The lowest BCUT2D eigenvalue weighted by molar-refractivity contribution is 1.36. The number of benzene rings is 2. The zero-order chi connectivity index (χ0) is 13.1. The first-order valence-electron chi connectivity index (χ1n) is 5.69. The average Bonchev–Trinajstić information content (AvgIpc) is 2.38. The molecular formula is C16H12N2. The lowest BCUT2D eigenvalue weighted by atomic mass is 9.89. The molecule has 0 saturated carbocycles. The molecule has 2 aromatic rings. The molecule has 0 aliphatic heterocycles. The minimum Gasteiger partial charge on any atom is -0.192 e. The van der Waals surface area contributed by atoms with E-state index in [0.29, 0.717) is 11.1 Å². The van der Waals surface area contributed by atoms with Gasteiger partial charge >= 0.3 is 0 Å². The minimum absolute atomic E-state index is 0.612. The van der Waals surface area contributed by atoms with Gasteiger partial charge in [-0.15, -0.1) is 0 Å². The van der Waals surface area contributed by atoms with Gasteiger partial charge < -0.3 is 0 Å². The summed E-state index contributed by atoms with van der Waals surface area (Å²) in [5, 5.41) is 18.5. The van der Waals surface area contributed by atoms with Crippen molar-refractivity contribution in [3.8, 4) is 23.3 Å². The van der Waals surface area contributed by atoms with Crippen LogP contribution in [0.5, 0.6) is 0 Å². The maximum absolute atomic E-state index is 9.23. The first kappa shape index (κ1) is 11.9. The van der Waals surface area contributed by atoms with Crippen molar-refractivity contribution in [2.24, 2.45) is 0 Å². The third-order valence-corrected chi connectivity index (χ3v) is 3.04. The summed E-state index contributed by atoms with van der Waals surface area (Å²) in [7, 11) is 0. The number of hydrogen-bond donors (Lipinski definition) is 0. The number of aryl methyl sites for hydroxylation is 2. The van der Waals surface area contributed by atoms with Crippen LogP contribution in [0, 0.1) is 36.5 Å². The van der Waals surface area contributed by atoms with Crippen LogP contribution in [0.15, 0.2) is 36.4 Å². The highest BCUT2D eigenvalue weighted by molar-refractivity contribution is 5.80. The van der Waals surface area contributed by atoms with Crippen molar-refractivity contribution in [1.29, 1.82) is 10.5 Å². The van der Waals surface area contributed by atoms with E-state index < -0.39 is 0 Å². The zero-order valence-corrected chi connectivity index (χ0v) is 10.4. The van der Waals surface area contributed by atoms with Gasteiger partial charge in [0.15, 0.2) is 0 Å². The number of nitriles is 2. The lowest BCUT2D eigenvalue weighted by Gasteiger charge is -2.12. The Morgan fingerprint density at radius 3 is 1.44 bits per heavy atom. The molecule has 0 aliphatic carbocycles. The smallest absolute Gasteiger partial charge is 0.0998 e. The largest absolute Gasteiger partial charge is 0.192 e. The first-order valence-corrected chi connectivity index (χ1v) is 5.69. The van der Waals surface area contributed by atoms with Gasteiger partial charge in [0.05, 0.1) is 23.3 Å². The fraction of sp³-hybridized carbons (Fsp3) is 0.125. The summed E-state index contributed by atoms with van der Waals surface area (Å²) in [5.41, 5.74) is 4.99. The van der Waals surface area contributed by atoms with E-state index >= 15 is 0 Å². The maximum atomic E-state index is 9.23. The van der Waals surface area contributed by atoms with Crippen LogP contribution < -0.4 is 0 Å². The summed E-state index contributed by atoms with van der Waals surface area (Å²) in [6, 6.07) is 15.6. The van der Waals surface area contributed by atoms with Crippen molar-refractivity contribution in [1.82, 2.24) is 0 Å². The number of rotatable bonds is 1. The van der Waals surface area contributed by atoms with Crippen molar-refractivity contribution in [2.45, 2.75) is 13.8 Å². The third kappa shape index (κ3) is 1.85. The second-order valence-corrected chi connectivity index (χ2v) is 4.22. The van der Waals surface area contributed by atoms with Crippen LogP contribution in [-0.2, 0) is 0 Å². The summed E-state index contributed by atoms with van der Waals surface area (Å²) in [6.45, 7) is 3.92. The van der Waals surface area contributed by atoms with Gasteiger partial charge in [0.2, 0.25) is 0 Å². The quantitative estimate of drug-likeness (QED) is 0.752. The standard InChI is InChI=1S/C16H12N2/c1-11-5-3-7-13(9-17)15(11)16-12(2)6-4-8-14(16)10-18/h3-8H,1-2H3. The molecule has 0 amide bonds. The number of hydrogen-bond acceptors (Lipinski definition) is 2. The molecule has 2 aromatic carbocycles. The van der Waals surface area contributed by atoms with Crippen molar-refractivity contribution >= 4 is 0 Å². The zero-order valence-electron chi connectivity index (χ0n) is 10.4. The van der Waals surface area contributed by atoms with Gasteiger partial charge in [-0.25, -0.2) is 0 Å². The average molecular weight is 232 g/mol. The van der Waals surface area contributed by atoms with E-state index in [2.05, 4.69) is 12.1 Å². The third-order valence-electron chi connectivity index (χ3n) is 3.04. The highest BCUT2D eigenvalue weighted by Gasteiger charge is 2.14. The minimum atomic E-state index is 0.612. The predicted octanol–water partition coefficient (Wildman–Crippen LogP) is 3.71. The molecule has 0 unspecified atom stereocenters. The topological polar surface area (TPSA) is 47.6 Å². The molecule has 0 N–H and O–H groups in total. The Morgan fingerprint density at radius 1 is 0.722 bits per heavy atom.